The Bertz CT molecular complexity index is 633. The van der Waals surface area contributed by atoms with E-state index in [4.69, 9.17) is 20.2 Å². The van der Waals surface area contributed by atoms with Gasteiger partial charge in [-0.1, -0.05) is 0 Å². The molecule has 1 atom stereocenters. The summed E-state index contributed by atoms with van der Waals surface area (Å²) in [5.41, 5.74) is -0.849. The van der Waals surface area contributed by atoms with Crippen molar-refractivity contribution in [3.63, 3.8) is 0 Å². The van der Waals surface area contributed by atoms with Crippen LogP contribution in [0, 0.1) is 11.6 Å². The van der Waals surface area contributed by atoms with Crippen LogP contribution in [0.4, 0.5) is 8.78 Å². The first-order valence-corrected chi connectivity index (χ1v) is 8.20. The van der Waals surface area contributed by atoms with E-state index in [1.165, 1.54) is 6.92 Å². The van der Waals surface area contributed by atoms with Crippen molar-refractivity contribution in [2.45, 2.75) is 24.8 Å². The summed E-state index contributed by atoms with van der Waals surface area (Å²) >= 11 is 0. The van der Waals surface area contributed by atoms with E-state index in [9.17, 15) is 22.0 Å². The number of rotatable bonds is 6. The zero-order valence-corrected chi connectivity index (χ0v) is 12.8. The van der Waals surface area contributed by atoms with E-state index in [0.29, 0.717) is 18.7 Å². The molecule has 5 nitrogen and oxygen atoms in total. The van der Waals surface area contributed by atoms with Gasteiger partial charge in [0.05, 0.1) is 12.2 Å². The van der Waals surface area contributed by atoms with Gasteiger partial charge in [-0.3, -0.25) is 0 Å². The standard InChI is InChI=1S/C12H13ClF2O5S/c1-3-19-6-7(2)20-12(16)9-4-8(14)5-10(11(9)15)21(13,17)18/h4-5,7H,3,6H2,1-2H3. The molecule has 0 aromatic heterocycles. The zero-order valence-electron chi connectivity index (χ0n) is 11.2. The molecule has 0 N–H and O–H groups in total. The van der Waals surface area contributed by atoms with Crippen molar-refractivity contribution in [3.8, 4) is 0 Å². The van der Waals surface area contributed by atoms with E-state index < -0.39 is 43.2 Å². The normalized spacial score (nSPS) is 13.0. The van der Waals surface area contributed by atoms with Crippen LogP contribution in [0.15, 0.2) is 17.0 Å². The van der Waals surface area contributed by atoms with Gasteiger partial charge in [-0.2, -0.15) is 0 Å². The second-order valence-electron chi connectivity index (χ2n) is 4.08. The molecule has 1 rings (SSSR count). The van der Waals surface area contributed by atoms with Gasteiger partial charge >= 0.3 is 5.97 Å². The third-order valence-electron chi connectivity index (χ3n) is 2.35. The summed E-state index contributed by atoms with van der Waals surface area (Å²) < 4.78 is 59.4. The lowest BCUT2D eigenvalue weighted by Crippen LogP contribution is -2.21. The molecular formula is C12H13ClF2O5S. The molecule has 1 aromatic rings. The molecule has 1 unspecified atom stereocenters. The first-order chi connectivity index (χ1) is 9.66. The van der Waals surface area contributed by atoms with Gasteiger partial charge in [0.1, 0.15) is 16.8 Å². The Morgan fingerprint density at radius 1 is 1.38 bits per heavy atom. The monoisotopic (exact) mass is 342 g/mol. The minimum Gasteiger partial charge on any atom is -0.457 e. The number of ether oxygens (including phenoxy) is 2. The number of benzene rings is 1. The molecule has 0 saturated carbocycles. The maximum Gasteiger partial charge on any atom is 0.341 e. The number of hydrogen-bond donors (Lipinski definition) is 0. The molecule has 0 spiro atoms. The first-order valence-electron chi connectivity index (χ1n) is 5.89. The van der Waals surface area contributed by atoms with E-state index in [1.807, 2.05) is 0 Å². The summed E-state index contributed by atoms with van der Waals surface area (Å²) in [7, 11) is 0.450. The number of carbonyl (C=O) groups excluding carboxylic acids is 1. The molecule has 0 bridgehead atoms. The molecule has 0 radical (unpaired) electrons. The van der Waals surface area contributed by atoms with E-state index in [1.54, 1.807) is 6.92 Å². The van der Waals surface area contributed by atoms with Gasteiger partial charge in [0.25, 0.3) is 9.05 Å². The van der Waals surface area contributed by atoms with Crippen LogP contribution in [0.3, 0.4) is 0 Å². The Hall–Kier alpha value is -1.25. The highest BCUT2D eigenvalue weighted by Gasteiger charge is 2.26. The van der Waals surface area contributed by atoms with Crippen LogP contribution in [-0.2, 0) is 18.5 Å². The average Bonchev–Trinajstić information content (AvgIpc) is 2.37. The quantitative estimate of drug-likeness (QED) is 0.586. The van der Waals surface area contributed by atoms with Crippen molar-refractivity contribution in [1.82, 2.24) is 0 Å². The molecule has 118 valence electrons. The van der Waals surface area contributed by atoms with Gasteiger partial charge < -0.3 is 9.47 Å². The van der Waals surface area contributed by atoms with Crippen LogP contribution < -0.4 is 0 Å². The zero-order chi connectivity index (χ0) is 16.2. The van der Waals surface area contributed by atoms with Gasteiger partial charge in [-0.15, -0.1) is 0 Å². The highest BCUT2D eigenvalue weighted by molar-refractivity contribution is 8.13. The second-order valence-corrected chi connectivity index (χ2v) is 6.61. The average molecular weight is 343 g/mol. The molecule has 9 heteroatoms. The van der Waals surface area contributed by atoms with Crippen molar-refractivity contribution in [2.75, 3.05) is 13.2 Å². The van der Waals surface area contributed by atoms with E-state index in [-0.39, 0.29) is 6.61 Å². The van der Waals surface area contributed by atoms with Gasteiger partial charge in [-0.05, 0) is 26.0 Å². The Balaban J connectivity index is 3.08. The predicted molar refractivity (Wildman–Crippen MR) is 70.8 cm³/mol. The van der Waals surface area contributed by atoms with Crippen molar-refractivity contribution in [3.05, 3.63) is 29.3 Å². The Morgan fingerprint density at radius 2 is 2.00 bits per heavy atom. The molecule has 21 heavy (non-hydrogen) atoms. The van der Waals surface area contributed by atoms with Crippen LogP contribution in [0.25, 0.3) is 0 Å². The lowest BCUT2D eigenvalue weighted by atomic mass is 10.2. The summed E-state index contributed by atoms with van der Waals surface area (Å²) in [6.07, 6.45) is -0.712. The number of esters is 1. The third kappa shape index (κ3) is 4.90. The third-order valence-corrected chi connectivity index (χ3v) is 3.67. The molecule has 0 saturated heterocycles. The van der Waals surface area contributed by atoms with Crippen LogP contribution in [-0.4, -0.2) is 33.7 Å². The summed E-state index contributed by atoms with van der Waals surface area (Å²) in [6, 6.07) is 0.925. The lowest BCUT2D eigenvalue weighted by Gasteiger charge is -2.14. The number of carbonyl (C=O) groups is 1. The topological polar surface area (TPSA) is 69.7 Å². The smallest absolute Gasteiger partial charge is 0.341 e. The summed E-state index contributed by atoms with van der Waals surface area (Å²) in [4.78, 5) is 10.6. The maximum absolute atomic E-state index is 13.9. The number of halogens is 3. The number of hydrogen-bond acceptors (Lipinski definition) is 5. The van der Waals surface area contributed by atoms with Crippen molar-refractivity contribution in [2.24, 2.45) is 0 Å². The SMILES string of the molecule is CCOCC(C)OC(=O)c1cc(F)cc(S(=O)(=O)Cl)c1F. The fourth-order valence-electron chi connectivity index (χ4n) is 1.45. The molecule has 0 fully saturated rings. The molecule has 0 aliphatic rings. The van der Waals surface area contributed by atoms with Crippen LogP contribution in [0.2, 0.25) is 0 Å². The molecule has 0 aliphatic carbocycles. The minimum atomic E-state index is -4.53. The molecule has 1 aromatic carbocycles. The summed E-state index contributed by atoms with van der Waals surface area (Å²) in [6.45, 7) is 3.69. The fourth-order valence-corrected chi connectivity index (χ4v) is 2.37. The van der Waals surface area contributed by atoms with Crippen LogP contribution >= 0.6 is 10.7 Å². The predicted octanol–water partition coefficient (Wildman–Crippen LogP) is 2.47. The van der Waals surface area contributed by atoms with E-state index in [2.05, 4.69) is 0 Å². The minimum absolute atomic E-state index is 0.0693. The lowest BCUT2D eigenvalue weighted by molar-refractivity contribution is 0.00391. The highest BCUT2D eigenvalue weighted by atomic mass is 35.7. The van der Waals surface area contributed by atoms with Crippen molar-refractivity contribution in [1.29, 1.82) is 0 Å². The van der Waals surface area contributed by atoms with Gasteiger partial charge in [0.15, 0.2) is 5.82 Å². The largest absolute Gasteiger partial charge is 0.457 e. The second kappa shape index (κ2) is 7.15. The molecule has 0 amide bonds. The Kier molecular flexibility index (Phi) is 6.06. The Morgan fingerprint density at radius 3 is 2.52 bits per heavy atom. The van der Waals surface area contributed by atoms with Gasteiger partial charge in [0.2, 0.25) is 0 Å². The first kappa shape index (κ1) is 17.8. The van der Waals surface area contributed by atoms with Gasteiger partial charge in [0, 0.05) is 17.3 Å². The summed E-state index contributed by atoms with van der Waals surface area (Å²) in [5.74, 6) is -3.79. The summed E-state index contributed by atoms with van der Waals surface area (Å²) in [5, 5.41) is 0. The van der Waals surface area contributed by atoms with Crippen molar-refractivity contribution >= 4 is 25.7 Å². The van der Waals surface area contributed by atoms with E-state index in [0.717, 1.165) is 0 Å². The fraction of sp³-hybridized carbons (Fsp3) is 0.417. The highest BCUT2D eigenvalue weighted by Crippen LogP contribution is 2.24. The molecule has 0 heterocycles. The molecule has 0 aliphatic heterocycles. The molecular weight excluding hydrogens is 330 g/mol. The van der Waals surface area contributed by atoms with Gasteiger partial charge in [-0.25, -0.2) is 22.0 Å². The van der Waals surface area contributed by atoms with Crippen LogP contribution in [0.1, 0.15) is 24.2 Å². The van der Waals surface area contributed by atoms with Crippen LogP contribution in [0.5, 0.6) is 0 Å². The van der Waals surface area contributed by atoms with Crippen molar-refractivity contribution < 1.29 is 31.5 Å². The Labute approximate surface area is 125 Å². The van der Waals surface area contributed by atoms with E-state index >= 15 is 0 Å². The maximum atomic E-state index is 13.9.